The number of nitrogens with zero attached hydrogens (tertiary/aromatic N) is 2. The lowest BCUT2D eigenvalue weighted by Gasteiger charge is -2.26. The first kappa shape index (κ1) is 13.9. The van der Waals surface area contributed by atoms with Crippen molar-refractivity contribution in [1.82, 2.24) is 15.3 Å². The lowest BCUT2D eigenvalue weighted by Crippen LogP contribution is -2.33. The molecular weight excluding hydrogens is 286 g/mol. The Morgan fingerprint density at radius 1 is 1.29 bits per heavy atom. The Bertz CT molecular complexity index is 621. The normalized spacial score (nSPS) is 16.7. The number of thioether (sulfide) groups is 1. The average Bonchev–Trinajstić information content (AvgIpc) is 2.54. The van der Waals surface area contributed by atoms with Gasteiger partial charge in [0.2, 0.25) is 5.91 Å². The van der Waals surface area contributed by atoms with E-state index < -0.39 is 0 Å². The van der Waals surface area contributed by atoms with E-state index in [4.69, 9.17) is 4.74 Å². The minimum atomic E-state index is -0.0193. The Balaban J connectivity index is 1.58. The SMILES string of the molecule is O=C(CSc1ncccn1)N[C@H]1CCOc2ccccc21. The van der Waals surface area contributed by atoms with Crippen LogP contribution in [0.25, 0.3) is 0 Å². The fraction of sp³-hybridized carbons (Fsp3) is 0.267. The Morgan fingerprint density at radius 3 is 2.95 bits per heavy atom. The quantitative estimate of drug-likeness (QED) is 0.693. The van der Waals surface area contributed by atoms with E-state index in [1.807, 2.05) is 24.3 Å². The van der Waals surface area contributed by atoms with Gasteiger partial charge in [-0.05, 0) is 12.1 Å². The zero-order valence-electron chi connectivity index (χ0n) is 11.4. The van der Waals surface area contributed by atoms with Gasteiger partial charge in [0.25, 0.3) is 0 Å². The topological polar surface area (TPSA) is 64.1 Å². The minimum absolute atomic E-state index is 0.0136. The fourth-order valence-corrected chi connectivity index (χ4v) is 2.83. The lowest BCUT2D eigenvalue weighted by atomic mass is 10.0. The van der Waals surface area contributed by atoms with Crippen LogP contribution in [-0.4, -0.2) is 28.2 Å². The van der Waals surface area contributed by atoms with Crippen LogP contribution in [0, 0.1) is 0 Å². The number of carbonyl (C=O) groups excluding carboxylic acids is 1. The molecule has 1 atom stereocenters. The van der Waals surface area contributed by atoms with Crippen LogP contribution >= 0.6 is 11.8 Å². The highest BCUT2D eigenvalue weighted by atomic mass is 32.2. The number of aromatic nitrogens is 2. The van der Waals surface area contributed by atoms with Crippen molar-refractivity contribution in [3.8, 4) is 5.75 Å². The molecule has 21 heavy (non-hydrogen) atoms. The van der Waals surface area contributed by atoms with Crippen LogP contribution in [0.15, 0.2) is 47.9 Å². The number of nitrogens with one attached hydrogen (secondary N) is 1. The van der Waals surface area contributed by atoms with E-state index in [9.17, 15) is 4.79 Å². The Labute approximate surface area is 127 Å². The van der Waals surface area contributed by atoms with Gasteiger partial charge < -0.3 is 10.1 Å². The molecular formula is C15H15N3O2S. The molecule has 0 saturated carbocycles. The van der Waals surface area contributed by atoms with E-state index in [1.165, 1.54) is 11.8 Å². The van der Waals surface area contributed by atoms with Crippen molar-refractivity contribution in [2.24, 2.45) is 0 Å². The number of rotatable bonds is 4. The van der Waals surface area contributed by atoms with Crippen LogP contribution in [0.4, 0.5) is 0 Å². The van der Waals surface area contributed by atoms with E-state index in [1.54, 1.807) is 18.5 Å². The monoisotopic (exact) mass is 301 g/mol. The molecule has 5 nitrogen and oxygen atoms in total. The predicted molar refractivity (Wildman–Crippen MR) is 80.2 cm³/mol. The second kappa shape index (κ2) is 6.58. The fourth-order valence-electron chi connectivity index (χ4n) is 2.22. The van der Waals surface area contributed by atoms with Gasteiger partial charge in [-0.15, -0.1) is 0 Å². The predicted octanol–water partition coefficient (Wildman–Crippen LogP) is 2.21. The number of benzene rings is 1. The molecule has 2 aromatic rings. The summed E-state index contributed by atoms with van der Waals surface area (Å²) in [6.45, 7) is 0.622. The molecule has 0 spiro atoms. The van der Waals surface area contributed by atoms with Crippen molar-refractivity contribution >= 4 is 17.7 Å². The van der Waals surface area contributed by atoms with Crippen LogP contribution in [-0.2, 0) is 4.79 Å². The van der Waals surface area contributed by atoms with Gasteiger partial charge in [0, 0.05) is 24.4 Å². The van der Waals surface area contributed by atoms with E-state index in [-0.39, 0.29) is 11.9 Å². The standard InChI is InChI=1S/C15H15N3O2S/c19-14(10-21-15-16-7-3-8-17-15)18-12-6-9-20-13-5-2-1-4-11(12)13/h1-5,7-8,12H,6,9-10H2,(H,18,19)/t12-/m0/s1. The highest BCUT2D eigenvalue weighted by Crippen LogP contribution is 2.31. The molecule has 1 N–H and O–H groups in total. The molecule has 0 aliphatic carbocycles. The van der Waals surface area contributed by atoms with Gasteiger partial charge in [-0.1, -0.05) is 30.0 Å². The summed E-state index contributed by atoms with van der Waals surface area (Å²) >= 11 is 1.33. The summed E-state index contributed by atoms with van der Waals surface area (Å²) < 4.78 is 5.59. The van der Waals surface area contributed by atoms with E-state index >= 15 is 0 Å². The molecule has 0 fully saturated rings. The number of ether oxygens (including phenoxy) is 1. The van der Waals surface area contributed by atoms with Gasteiger partial charge in [-0.3, -0.25) is 4.79 Å². The smallest absolute Gasteiger partial charge is 0.230 e. The highest BCUT2D eigenvalue weighted by molar-refractivity contribution is 7.99. The maximum absolute atomic E-state index is 12.1. The Morgan fingerprint density at radius 2 is 2.10 bits per heavy atom. The number of hydrogen-bond acceptors (Lipinski definition) is 5. The molecule has 1 aromatic carbocycles. The highest BCUT2D eigenvalue weighted by Gasteiger charge is 2.22. The largest absolute Gasteiger partial charge is 0.493 e. The summed E-state index contributed by atoms with van der Waals surface area (Å²) in [5, 5.41) is 3.66. The second-order valence-electron chi connectivity index (χ2n) is 4.62. The van der Waals surface area contributed by atoms with Crippen molar-refractivity contribution < 1.29 is 9.53 Å². The first-order valence-corrected chi connectivity index (χ1v) is 7.72. The summed E-state index contributed by atoms with van der Waals surface area (Å²) in [6.07, 6.45) is 4.12. The van der Waals surface area contributed by atoms with Crippen molar-refractivity contribution in [3.05, 3.63) is 48.3 Å². The van der Waals surface area contributed by atoms with Crippen LogP contribution in [0.3, 0.4) is 0 Å². The minimum Gasteiger partial charge on any atom is -0.493 e. The summed E-state index contributed by atoms with van der Waals surface area (Å²) in [7, 11) is 0. The molecule has 108 valence electrons. The van der Waals surface area contributed by atoms with Gasteiger partial charge in [0.05, 0.1) is 18.4 Å². The van der Waals surface area contributed by atoms with Gasteiger partial charge in [-0.25, -0.2) is 9.97 Å². The number of carbonyl (C=O) groups is 1. The Kier molecular flexibility index (Phi) is 4.35. The number of para-hydroxylation sites is 1. The molecule has 0 saturated heterocycles. The molecule has 0 bridgehead atoms. The Hall–Kier alpha value is -2.08. The van der Waals surface area contributed by atoms with Gasteiger partial charge >= 0.3 is 0 Å². The third kappa shape index (κ3) is 3.52. The summed E-state index contributed by atoms with van der Waals surface area (Å²) in [6, 6.07) is 9.58. The lowest BCUT2D eigenvalue weighted by molar-refractivity contribution is -0.119. The molecule has 0 unspecified atom stereocenters. The van der Waals surface area contributed by atoms with Gasteiger partial charge in [0.15, 0.2) is 5.16 Å². The molecule has 1 aliphatic heterocycles. The molecule has 1 aromatic heterocycles. The first-order chi connectivity index (χ1) is 10.3. The third-order valence-electron chi connectivity index (χ3n) is 3.17. The molecule has 6 heteroatoms. The van der Waals surface area contributed by atoms with Crippen molar-refractivity contribution in [3.63, 3.8) is 0 Å². The maximum atomic E-state index is 12.1. The van der Waals surface area contributed by atoms with Crippen molar-refractivity contribution in [2.75, 3.05) is 12.4 Å². The molecule has 1 amide bonds. The zero-order valence-corrected chi connectivity index (χ0v) is 12.2. The first-order valence-electron chi connectivity index (χ1n) is 6.74. The van der Waals surface area contributed by atoms with Crippen LogP contribution < -0.4 is 10.1 Å². The summed E-state index contributed by atoms with van der Waals surface area (Å²) in [5.74, 6) is 1.14. The number of amides is 1. The van der Waals surface area contributed by atoms with E-state index in [0.717, 1.165) is 17.7 Å². The van der Waals surface area contributed by atoms with Gasteiger partial charge in [-0.2, -0.15) is 0 Å². The molecule has 3 rings (SSSR count). The molecule has 1 aliphatic rings. The van der Waals surface area contributed by atoms with E-state index in [2.05, 4.69) is 15.3 Å². The van der Waals surface area contributed by atoms with Crippen LogP contribution in [0.2, 0.25) is 0 Å². The summed E-state index contributed by atoms with van der Waals surface area (Å²) in [4.78, 5) is 20.2. The number of fused-ring (bicyclic) bond motifs is 1. The second-order valence-corrected chi connectivity index (χ2v) is 5.56. The van der Waals surface area contributed by atoms with Crippen molar-refractivity contribution in [2.45, 2.75) is 17.6 Å². The van der Waals surface area contributed by atoms with Crippen molar-refractivity contribution in [1.29, 1.82) is 0 Å². The molecule has 0 radical (unpaired) electrons. The third-order valence-corrected chi connectivity index (χ3v) is 4.04. The zero-order chi connectivity index (χ0) is 14.5. The number of hydrogen-bond donors (Lipinski definition) is 1. The molecule has 2 heterocycles. The maximum Gasteiger partial charge on any atom is 0.230 e. The summed E-state index contributed by atoms with van der Waals surface area (Å²) in [5.41, 5.74) is 1.04. The van der Waals surface area contributed by atoms with E-state index in [0.29, 0.717) is 17.5 Å². The van der Waals surface area contributed by atoms with Gasteiger partial charge in [0.1, 0.15) is 5.75 Å². The van der Waals surface area contributed by atoms with Crippen LogP contribution in [0.1, 0.15) is 18.0 Å². The average molecular weight is 301 g/mol. The van der Waals surface area contributed by atoms with Crippen LogP contribution in [0.5, 0.6) is 5.75 Å².